The van der Waals surface area contributed by atoms with E-state index in [0.29, 0.717) is 29.5 Å². The van der Waals surface area contributed by atoms with E-state index < -0.39 is 40.2 Å². The summed E-state index contributed by atoms with van der Waals surface area (Å²) in [5.41, 5.74) is 0.553. The number of nitrogens with zero attached hydrogens (tertiary/aromatic N) is 2. The molecule has 0 spiro atoms. The van der Waals surface area contributed by atoms with Crippen molar-refractivity contribution in [1.29, 1.82) is 0 Å². The van der Waals surface area contributed by atoms with E-state index >= 15 is 0 Å². The Hall–Kier alpha value is -3.54. The van der Waals surface area contributed by atoms with Crippen molar-refractivity contribution in [3.05, 3.63) is 82.1 Å². The van der Waals surface area contributed by atoms with E-state index in [1.165, 1.54) is 41.3 Å². The van der Waals surface area contributed by atoms with Gasteiger partial charge in [-0.05, 0) is 66.9 Å². The highest BCUT2D eigenvalue weighted by atomic mass is 35.5. The highest BCUT2D eigenvalue weighted by molar-refractivity contribution is 7.92. The molecule has 0 fully saturated rings. The molecule has 3 aromatic carbocycles. The number of amides is 2. The molecule has 9 nitrogen and oxygen atoms in total. The fourth-order valence-corrected chi connectivity index (χ4v) is 6.21. The van der Waals surface area contributed by atoms with Gasteiger partial charge in [0.25, 0.3) is 10.0 Å². The lowest BCUT2D eigenvalue weighted by Gasteiger charge is -2.32. The molecule has 13 heteroatoms. The van der Waals surface area contributed by atoms with Crippen LogP contribution in [0.1, 0.15) is 26.3 Å². The Morgan fingerprint density at radius 3 is 2.28 bits per heavy atom. The fourth-order valence-electron chi connectivity index (χ4n) is 4.32. The van der Waals surface area contributed by atoms with Crippen LogP contribution in [-0.4, -0.2) is 57.5 Å². The van der Waals surface area contributed by atoms with Crippen LogP contribution in [0.2, 0.25) is 10.0 Å². The maximum Gasteiger partial charge on any atom is 0.264 e. The third-order valence-electron chi connectivity index (χ3n) is 6.70. The lowest BCUT2D eigenvalue weighted by Crippen LogP contribution is -2.51. The summed E-state index contributed by atoms with van der Waals surface area (Å²) in [4.78, 5) is 28.2. The topological polar surface area (TPSA) is 105 Å². The van der Waals surface area contributed by atoms with E-state index in [1.807, 2.05) is 13.8 Å². The minimum Gasteiger partial charge on any atom is -0.486 e. The Kier molecular flexibility index (Phi) is 10.4. The summed E-state index contributed by atoms with van der Waals surface area (Å²) in [5, 5.41) is 3.49. The predicted octanol–water partition coefficient (Wildman–Crippen LogP) is 5.29. The summed E-state index contributed by atoms with van der Waals surface area (Å²) >= 11 is 12.5. The molecule has 1 unspecified atom stereocenters. The molecule has 1 heterocycles. The normalized spacial score (nSPS) is 13.4. The number of hydrogen-bond acceptors (Lipinski definition) is 6. The lowest BCUT2D eigenvalue weighted by molar-refractivity contribution is -0.139. The summed E-state index contributed by atoms with van der Waals surface area (Å²) < 4.78 is 53.9. The molecule has 4 rings (SSSR count). The number of benzene rings is 3. The van der Waals surface area contributed by atoms with Crippen LogP contribution in [-0.2, 0) is 26.2 Å². The molecule has 1 aliphatic rings. The molecule has 43 heavy (non-hydrogen) atoms. The molecule has 0 saturated carbocycles. The standard InChI is InChI=1S/C30H32Cl2FN3O6S/c1-19(2)16-34-30(38)20(3)35(17-21-4-5-22(31)14-26(21)32)29(37)18-36(24-8-6-23(33)7-9-24)43(39,40)25-10-11-27-28(15-25)42-13-12-41-27/h4-11,14-15,19-20H,12-13,16-18H2,1-3H3,(H,34,38). The van der Waals surface area contributed by atoms with E-state index in [2.05, 4.69) is 5.32 Å². The first kappa shape index (κ1) is 32.4. The summed E-state index contributed by atoms with van der Waals surface area (Å²) in [6.45, 7) is 5.57. The van der Waals surface area contributed by atoms with E-state index in [9.17, 15) is 22.4 Å². The number of carbonyl (C=O) groups excluding carboxylic acids is 2. The number of sulfonamides is 1. The van der Waals surface area contributed by atoms with Crippen molar-refractivity contribution in [2.75, 3.05) is 30.6 Å². The molecule has 1 atom stereocenters. The Morgan fingerprint density at radius 1 is 0.953 bits per heavy atom. The van der Waals surface area contributed by atoms with Crippen molar-refractivity contribution in [2.24, 2.45) is 5.92 Å². The van der Waals surface area contributed by atoms with Gasteiger partial charge in [-0.2, -0.15) is 0 Å². The van der Waals surface area contributed by atoms with Crippen molar-refractivity contribution in [1.82, 2.24) is 10.2 Å². The molecule has 1 aliphatic heterocycles. The molecule has 0 saturated heterocycles. The summed E-state index contributed by atoms with van der Waals surface area (Å²) in [5.74, 6) is -0.898. The average molecular weight is 653 g/mol. The zero-order valence-corrected chi connectivity index (χ0v) is 26.2. The van der Waals surface area contributed by atoms with Gasteiger partial charge in [-0.15, -0.1) is 0 Å². The molecule has 230 valence electrons. The molecule has 0 radical (unpaired) electrons. The van der Waals surface area contributed by atoms with Crippen molar-refractivity contribution < 1.29 is 31.9 Å². The number of hydrogen-bond donors (Lipinski definition) is 1. The minimum absolute atomic E-state index is 0.0472. The highest BCUT2D eigenvalue weighted by Crippen LogP contribution is 2.34. The SMILES string of the molecule is CC(C)CNC(=O)C(C)N(Cc1ccc(Cl)cc1Cl)C(=O)CN(c1ccc(F)cc1)S(=O)(=O)c1ccc2c(c1)OCCO2. The summed E-state index contributed by atoms with van der Waals surface area (Å²) in [6, 6.07) is 12.6. The largest absolute Gasteiger partial charge is 0.486 e. The van der Waals surface area contributed by atoms with Gasteiger partial charge >= 0.3 is 0 Å². The minimum atomic E-state index is -4.40. The van der Waals surface area contributed by atoms with Gasteiger partial charge in [0.05, 0.1) is 10.6 Å². The second-order valence-electron chi connectivity index (χ2n) is 10.4. The van der Waals surface area contributed by atoms with Gasteiger partial charge in [0.15, 0.2) is 11.5 Å². The van der Waals surface area contributed by atoms with E-state index in [1.54, 1.807) is 19.1 Å². The van der Waals surface area contributed by atoms with Gasteiger partial charge in [-0.25, -0.2) is 12.8 Å². The van der Waals surface area contributed by atoms with Crippen LogP contribution in [0.25, 0.3) is 0 Å². The smallest absolute Gasteiger partial charge is 0.264 e. The van der Waals surface area contributed by atoms with Crippen LogP contribution in [0.4, 0.5) is 10.1 Å². The zero-order chi connectivity index (χ0) is 31.3. The number of halogens is 3. The van der Waals surface area contributed by atoms with Crippen molar-refractivity contribution in [3.8, 4) is 11.5 Å². The van der Waals surface area contributed by atoms with Crippen LogP contribution < -0.4 is 19.1 Å². The Morgan fingerprint density at radius 2 is 1.63 bits per heavy atom. The zero-order valence-electron chi connectivity index (χ0n) is 23.8. The number of fused-ring (bicyclic) bond motifs is 1. The van der Waals surface area contributed by atoms with E-state index in [-0.39, 0.29) is 40.4 Å². The number of anilines is 1. The highest BCUT2D eigenvalue weighted by Gasteiger charge is 2.33. The third-order valence-corrected chi connectivity index (χ3v) is 9.06. The number of carbonyl (C=O) groups is 2. The van der Waals surface area contributed by atoms with Gasteiger partial charge in [0.2, 0.25) is 11.8 Å². The van der Waals surface area contributed by atoms with E-state index in [4.69, 9.17) is 32.7 Å². The third kappa shape index (κ3) is 7.90. The molecule has 1 N–H and O–H groups in total. The molecule has 3 aromatic rings. The molecule has 2 amide bonds. The maximum absolute atomic E-state index is 14.0. The van der Waals surface area contributed by atoms with Gasteiger partial charge in [0.1, 0.15) is 31.6 Å². The first-order valence-corrected chi connectivity index (χ1v) is 15.8. The van der Waals surface area contributed by atoms with Crippen molar-refractivity contribution in [2.45, 2.75) is 38.3 Å². The van der Waals surface area contributed by atoms with Crippen LogP contribution in [0.5, 0.6) is 11.5 Å². The molecule has 0 bridgehead atoms. The first-order valence-electron chi connectivity index (χ1n) is 13.6. The molecule has 0 aromatic heterocycles. The quantitative estimate of drug-likeness (QED) is 0.302. The molecular weight excluding hydrogens is 620 g/mol. The molecule has 0 aliphatic carbocycles. The predicted molar refractivity (Wildman–Crippen MR) is 163 cm³/mol. The van der Waals surface area contributed by atoms with Crippen molar-refractivity contribution >= 4 is 50.7 Å². The van der Waals surface area contributed by atoms with Crippen molar-refractivity contribution in [3.63, 3.8) is 0 Å². The fraction of sp³-hybridized carbons (Fsp3) is 0.333. The van der Waals surface area contributed by atoms with E-state index in [0.717, 1.165) is 16.4 Å². The Bertz CT molecular complexity index is 1590. The van der Waals surface area contributed by atoms with Crippen LogP contribution in [0.3, 0.4) is 0 Å². The molecular formula is C30H32Cl2FN3O6S. The van der Waals surface area contributed by atoms with Gasteiger partial charge in [0, 0.05) is 29.2 Å². The Labute approximate surface area is 260 Å². The summed E-state index contributed by atoms with van der Waals surface area (Å²) in [7, 11) is -4.40. The van der Waals surface area contributed by atoms with Gasteiger partial charge < -0.3 is 19.7 Å². The van der Waals surface area contributed by atoms with Gasteiger partial charge in [-0.3, -0.25) is 13.9 Å². The lowest BCUT2D eigenvalue weighted by atomic mass is 10.1. The van der Waals surface area contributed by atoms with Crippen LogP contribution >= 0.6 is 23.2 Å². The number of rotatable bonds is 11. The monoisotopic (exact) mass is 651 g/mol. The number of nitrogens with one attached hydrogen (secondary N) is 1. The second-order valence-corrected chi connectivity index (χ2v) is 13.1. The van der Waals surface area contributed by atoms with Crippen LogP contribution in [0, 0.1) is 11.7 Å². The Balaban J connectivity index is 1.72. The maximum atomic E-state index is 14.0. The van der Waals surface area contributed by atoms with Crippen LogP contribution in [0.15, 0.2) is 65.6 Å². The first-order chi connectivity index (χ1) is 20.4. The second kappa shape index (κ2) is 13.8. The number of ether oxygens (including phenoxy) is 2. The summed E-state index contributed by atoms with van der Waals surface area (Å²) in [6.07, 6.45) is 0. The van der Waals surface area contributed by atoms with Gasteiger partial charge in [-0.1, -0.05) is 43.1 Å². The average Bonchev–Trinajstić information content (AvgIpc) is 2.98.